The third kappa shape index (κ3) is 3.56. The van der Waals surface area contributed by atoms with Crippen LogP contribution in [0.1, 0.15) is 47.4 Å². The van der Waals surface area contributed by atoms with Gasteiger partial charge in [-0.2, -0.15) is 0 Å². The molecule has 0 unspecified atom stereocenters. The molecule has 2 aromatic carbocycles. The van der Waals surface area contributed by atoms with Crippen molar-refractivity contribution >= 4 is 34.9 Å². The highest BCUT2D eigenvalue weighted by Crippen LogP contribution is 2.39. The van der Waals surface area contributed by atoms with Gasteiger partial charge in [-0.05, 0) is 75.2 Å². The van der Waals surface area contributed by atoms with Gasteiger partial charge >= 0.3 is 0 Å². The molecule has 1 aliphatic heterocycles. The number of hydrogen-bond donors (Lipinski definition) is 1. The Morgan fingerprint density at radius 3 is 2.13 bits per heavy atom. The van der Waals surface area contributed by atoms with Crippen LogP contribution >= 0.6 is 0 Å². The molecule has 4 rings (SSSR count). The first-order valence-electron chi connectivity index (χ1n) is 9.91. The summed E-state index contributed by atoms with van der Waals surface area (Å²) in [5.74, 6) is -1.27. The molecule has 6 heteroatoms. The number of fused-ring (bicyclic) bond motifs is 1. The van der Waals surface area contributed by atoms with E-state index in [-0.39, 0.29) is 35.3 Å². The number of allylic oxidation sites excluding steroid dienone is 2. The first-order valence-corrected chi connectivity index (χ1v) is 9.91. The van der Waals surface area contributed by atoms with Crippen LogP contribution in [0.3, 0.4) is 0 Å². The van der Waals surface area contributed by atoms with Crippen LogP contribution in [0.15, 0.2) is 60.2 Å². The first-order chi connectivity index (χ1) is 14.3. The summed E-state index contributed by atoms with van der Waals surface area (Å²) < 4.78 is 0. The van der Waals surface area contributed by atoms with E-state index in [1.807, 2.05) is 13.0 Å². The van der Waals surface area contributed by atoms with Crippen molar-refractivity contribution in [2.45, 2.75) is 26.7 Å². The summed E-state index contributed by atoms with van der Waals surface area (Å²) in [5.41, 5.74) is 3.18. The van der Waals surface area contributed by atoms with Crippen molar-refractivity contribution in [3.05, 3.63) is 71.3 Å². The molecular weight excluding hydrogens is 380 g/mol. The Labute approximate surface area is 174 Å². The zero-order valence-electron chi connectivity index (χ0n) is 16.8. The van der Waals surface area contributed by atoms with Crippen LogP contribution in [0.25, 0.3) is 0 Å². The molecule has 1 fully saturated rings. The number of hydrogen-bond acceptors (Lipinski definition) is 4. The first kappa shape index (κ1) is 19.8. The summed E-state index contributed by atoms with van der Waals surface area (Å²) in [4.78, 5) is 50.7. The molecule has 1 heterocycles. The lowest BCUT2D eigenvalue weighted by molar-refractivity contribution is -0.122. The van der Waals surface area contributed by atoms with Gasteiger partial charge in [-0.1, -0.05) is 11.6 Å². The number of anilines is 2. The van der Waals surface area contributed by atoms with Crippen molar-refractivity contribution in [3.8, 4) is 0 Å². The number of imide groups is 1. The topological polar surface area (TPSA) is 83.6 Å². The van der Waals surface area contributed by atoms with Gasteiger partial charge in [0, 0.05) is 16.8 Å². The molecule has 0 spiro atoms. The second-order valence-corrected chi connectivity index (χ2v) is 7.85. The summed E-state index contributed by atoms with van der Waals surface area (Å²) in [5, 5.41) is 2.77. The largest absolute Gasteiger partial charge is 0.322 e. The highest BCUT2D eigenvalue weighted by molar-refractivity contribution is 6.22. The smallest absolute Gasteiger partial charge is 0.255 e. The quantitative estimate of drug-likeness (QED) is 0.476. The maximum Gasteiger partial charge on any atom is 0.255 e. The average molecular weight is 402 g/mol. The zero-order valence-corrected chi connectivity index (χ0v) is 16.8. The Bertz CT molecular complexity index is 1070. The van der Waals surface area contributed by atoms with Crippen molar-refractivity contribution in [2.24, 2.45) is 11.8 Å². The maximum absolute atomic E-state index is 12.8. The molecule has 3 amide bonds. The third-order valence-electron chi connectivity index (χ3n) is 5.76. The predicted molar refractivity (Wildman–Crippen MR) is 113 cm³/mol. The van der Waals surface area contributed by atoms with Crippen LogP contribution < -0.4 is 10.2 Å². The fourth-order valence-electron chi connectivity index (χ4n) is 4.05. The van der Waals surface area contributed by atoms with E-state index in [1.54, 1.807) is 48.5 Å². The Kier molecular flexibility index (Phi) is 5.08. The lowest BCUT2D eigenvalue weighted by Crippen LogP contribution is -2.30. The molecule has 30 heavy (non-hydrogen) atoms. The molecule has 6 nitrogen and oxygen atoms in total. The Morgan fingerprint density at radius 2 is 1.50 bits per heavy atom. The summed E-state index contributed by atoms with van der Waals surface area (Å²) >= 11 is 0. The van der Waals surface area contributed by atoms with Crippen molar-refractivity contribution in [1.82, 2.24) is 0 Å². The predicted octanol–water partition coefficient (Wildman–Crippen LogP) is 3.99. The van der Waals surface area contributed by atoms with Gasteiger partial charge in [0.05, 0.1) is 17.5 Å². The number of ketones is 1. The molecule has 1 saturated heterocycles. The normalized spacial score (nSPS) is 20.6. The highest BCUT2D eigenvalue weighted by Gasteiger charge is 2.48. The van der Waals surface area contributed by atoms with E-state index in [0.29, 0.717) is 35.3 Å². The average Bonchev–Trinajstić information content (AvgIpc) is 2.98. The van der Waals surface area contributed by atoms with E-state index in [9.17, 15) is 19.2 Å². The van der Waals surface area contributed by atoms with Crippen LogP contribution in [0.2, 0.25) is 0 Å². The number of nitrogens with one attached hydrogen (secondary N) is 1. The van der Waals surface area contributed by atoms with Crippen LogP contribution in [0, 0.1) is 11.8 Å². The lowest BCUT2D eigenvalue weighted by atomic mass is 9.82. The Morgan fingerprint density at radius 1 is 0.900 bits per heavy atom. The molecule has 0 saturated carbocycles. The van der Waals surface area contributed by atoms with Gasteiger partial charge in [0.2, 0.25) is 11.8 Å². The fourth-order valence-corrected chi connectivity index (χ4v) is 4.05. The van der Waals surface area contributed by atoms with Crippen LogP contribution in [0.4, 0.5) is 11.4 Å². The molecule has 0 radical (unpaired) electrons. The number of amides is 3. The molecule has 2 aliphatic rings. The number of benzene rings is 2. The van der Waals surface area contributed by atoms with E-state index in [4.69, 9.17) is 0 Å². The minimum Gasteiger partial charge on any atom is -0.322 e. The van der Waals surface area contributed by atoms with Crippen molar-refractivity contribution in [2.75, 3.05) is 10.2 Å². The number of nitrogens with zero attached hydrogens (tertiary/aromatic N) is 1. The van der Waals surface area contributed by atoms with E-state index < -0.39 is 0 Å². The van der Waals surface area contributed by atoms with Gasteiger partial charge in [-0.3, -0.25) is 24.1 Å². The summed E-state index contributed by atoms with van der Waals surface area (Å²) in [6.45, 7) is 3.47. The van der Waals surface area contributed by atoms with Gasteiger partial charge in [0.25, 0.3) is 5.91 Å². The fraction of sp³-hybridized carbons (Fsp3) is 0.250. The van der Waals surface area contributed by atoms with Crippen molar-refractivity contribution in [1.29, 1.82) is 0 Å². The lowest BCUT2D eigenvalue weighted by Gasteiger charge is -2.18. The molecule has 2 atom stereocenters. The van der Waals surface area contributed by atoms with Crippen molar-refractivity contribution in [3.63, 3.8) is 0 Å². The van der Waals surface area contributed by atoms with Gasteiger partial charge in [-0.25, -0.2) is 0 Å². The highest BCUT2D eigenvalue weighted by atomic mass is 16.2. The van der Waals surface area contributed by atoms with Gasteiger partial charge in [0.1, 0.15) is 0 Å². The molecule has 1 aliphatic carbocycles. The van der Waals surface area contributed by atoms with E-state index in [2.05, 4.69) is 5.32 Å². The summed E-state index contributed by atoms with van der Waals surface area (Å²) in [6.07, 6.45) is 3.25. The number of carbonyl (C=O) groups is 4. The van der Waals surface area contributed by atoms with Gasteiger partial charge in [0.15, 0.2) is 5.78 Å². The SMILES string of the molecule is CC(=O)c1ccc(NC(=O)c2ccc(N3C(=O)[C@@H]4CC=C(C)C[C@H]4C3=O)cc2)cc1. The van der Waals surface area contributed by atoms with Crippen LogP contribution in [-0.4, -0.2) is 23.5 Å². The minimum atomic E-state index is -0.315. The third-order valence-corrected chi connectivity index (χ3v) is 5.76. The molecule has 0 bridgehead atoms. The number of carbonyl (C=O) groups excluding carboxylic acids is 4. The maximum atomic E-state index is 12.8. The van der Waals surface area contributed by atoms with Crippen molar-refractivity contribution < 1.29 is 19.2 Å². The number of Topliss-reactive ketones (excluding diaryl/α,β-unsaturated/α-hetero) is 1. The van der Waals surface area contributed by atoms with Gasteiger partial charge < -0.3 is 5.32 Å². The standard InChI is InChI=1S/C24H22N2O4/c1-14-3-12-20-21(13-14)24(30)26(23(20)29)19-10-6-17(7-11-19)22(28)25-18-8-4-16(5-9-18)15(2)27/h3-11,20-21H,12-13H2,1-2H3,(H,25,28)/t20-,21-/m1/s1. The summed E-state index contributed by atoms with van der Waals surface area (Å²) in [7, 11) is 0. The minimum absolute atomic E-state index is 0.0414. The molecule has 152 valence electrons. The Balaban J connectivity index is 1.47. The molecule has 0 aromatic heterocycles. The monoisotopic (exact) mass is 402 g/mol. The number of rotatable bonds is 4. The van der Waals surface area contributed by atoms with E-state index >= 15 is 0 Å². The van der Waals surface area contributed by atoms with E-state index in [0.717, 1.165) is 5.57 Å². The molecule has 2 aromatic rings. The van der Waals surface area contributed by atoms with E-state index in [1.165, 1.54) is 11.8 Å². The zero-order chi connectivity index (χ0) is 21.4. The molecule has 1 N–H and O–H groups in total. The second kappa shape index (κ2) is 7.71. The summed E-state index contributed by atoms with van der Waals surface area (Å²) in [6, 6.07) is 13.1. The van der Waals surface area contributed by atoms with Gasteiger partial charge in [-0.15, -0.1) is 0 Å². The Hall–Kier alpha value is -3.54. The molecular formula is C24H22N2O4. The van der Waals surface area contributed by atoms with Crippen LogP contribution in [0.5, 0.6) is 0 Å². The second-order valence-electron chi connectivity index (χ2n) is 7.85. The van der Waals surface area contributed by atoms with Crippen LogP contribution in [-0.2, 0) is 9.59 Å².